The topological polar surface area (TPSA) is 88.7 Å². The molecule has 0 fully saturated rings. The molecule has 0 spiro atoms. The van der Waals surface area contributed by atoms with Crippen LogP contribution >= 0.6 is 23.2 Å². The fraction of sp³-hybridized carbons (Fsp3) is 0.143. The molecule has 0 aliphatic heterocycles. The van der Waals surface area contributed by atoms with Gasteiger partial charge in [0.25, 0.3) is 0 Å². The molecule has 23 heavy (non-hydrogen) atoms. The Labute approximate surface area is 141 Å². The van der Waals surface area contributed by atoms with Crippen LogP contribution in [0.5, 0.6) is 5.88 Å². The van der Waals surface area contributed by atoms with Gasteiger partial charge in [-0.15, -0.1) is 0 Å². The summed E-state index contributed by atoms with van der Waals surface area (Å²) in [6.07, 6.45) is -1.61. The number of anilines is 2. The lowest BCUT2D eigenvalue weighted by molar-refractivity contribution is 0.142. The van der Waals surface area contributed by atoms with Gasteiger partial charge in [-0.05, 0) is 18.2 Å². The van der Waals surface area contributed by atoms with Crippen LogP contribution in [0.1, 0.15) is 0 Å². The minimum atomic E-state index is -1.61. The van der Waals surface area contributed by atoms with Crippen LogP contribution in [0.4, 0.5) is 20.6 Å². The molecule has 0 radical (unpaired) electrons. The second kappa shape index (κ2) is 6.47. The summed E-state index contributed by atoms with van der Waals surface area (Å²) in [6.45, 7) is 0. The molecule has 0 saturated heterocycles. The van der Waals surface area contributed by atoms with E-state index >= 15 is 0 Å². The van der Waals surface area contributed by atoms with Gasteiger partial charge < -0.3 is 20.5 Å². The molecule has 1 heterocycles. The van der Waals surface area contributed by atoms with Crippen molar-refractivity contribution in [3.8, 4) is 17.1 Å². The molecule has 6 nitrogen and oxygen atoms in total. The lowest BCUT2D eigenvalue weighted by Crippen LogP contribution is -2.10. The van der Waals surface area contributed by atoms with Crippen LogP contribution in [0.2, 0.25) is 10.0 Å². The smallest absolute Gasteiger partial charge is 0.449 e. The fourth-order valence-electron chi connectivity index (χ4n) is 1.89. The molecule has 0 aliphatic rings. The Balaban J connectivity index is 2.64. The van der Waals surface area contributed by atoms with Gasteiger partial charge in [-0.2, -0.15) is 0 Å². The van der Waals surface area contributed by atoms with E-state index in [-0.39, 0.29) is 27.0 Å². The van der Waals surface area contributed by atoms with E-state index in [0.29, 0.717) is 5.69 Å². The number of rotatable bonds is 3. The normalized spacial score (nSPS) is 10.5. The predicted octanol–water partition coefficient (Wildman–Crippen LogP) is 3.90. The first-order valence-corrected chi connectivity index (χ1v) is 6.99. The lowest BCUT2D eigenvalue weighted by atomic mass is 10.1. The largest absolute Gasteiger partial charge is 0.512 e. The molecule has 0 bridgehead atoms. The summed E-state index contributed by atoms with van der Waals surface area (Å²) in [7, 11) is 3.48. The zero-order valence-electron chi connectivity index (χ0n) is 12.1. The van der Waals surface area contributed by atoms with Crippen LogP contribution in [0.25, 0.3) is 11.3 Å². The van der Waals surface area contributed by atoms with Gasteiger partial charge in [0.05, 0.1) is 22.1 Å². The van der Waals surface area contributed by atoms with Crippen molar-refractivity contribution in [2.24, 2.45) is 0 Å². The molecule has 0 unspecified atom stereocenters. The summed E-state index contributed by atoms with van der Waals surface area (Å²) >= 11 is 11.8. The first-order valence-electron chi connectivity index (χ1n) is 6.24. The van der Waals surface area contributed by atoms with Crippen molar-refractivity contribution >= 4 is 40.7 Å². The number of carboxylic acid groups (broad SMARTS) is 1. The molecular weight excluding hydrogens is 348 g/mol. The molecule has 2 aromatic rings. The van der Waals surface area contributed by atoms with E-state index in [4.69, 9.17) is 34.0 Å². The highest BCUT2D eigenvalue weighted by Crippen LogP contribution is 2.37. The average Bonchev–Trinajstić information content (AvgIpc) is 2.42. The van der Waals surface area contributed by atoms with Crippen LogP contribution in [-0.4, -0.2) is 30.3 Å². The van der Waals surface area contributed by atoms with Gasteiger partial charge in [-0.3, -0.25) is 0 Å². The Kier molecular flexibility index (Phi) is 4.82. The molecule has 1 aromatic heterocycles. The fourth-order valence-corrected chi connectivity index (χ4v) is 2.34. The number of ether oxygens (including phenoxy) is 1. The standard InChI is InChI=1S/C14H12Cl2FN3O3/c1-20(2)11-3-6(8(17)4-7(11)15)10-5-9(18)12(16)13(19-10)23-14(21)22/h3-5H,1-2H3,(H2,18,19)(H,21,22). The summed E-state index contributed by atoms with van der Waals surface area (Å²) in [6, 6.07) is 3.93. The monoisotopic (exact) mass is 359 g/mol. The zero-order chi connectivity index (χ0) is 17.3. The molecule has 3 N–H and O–H groups in total. The maximum absolute atomic E-state index is 14.2. The first kappa shape index (κ1) is 17.1. The number of hydrogen-bond donors (Lipinski definition) is 2. The molecule has 0 aliphatic carbocycles. The van der Waals surface area contributed by atoms with E-state index in [9.17, 15) is 9.18 Å². The molecule has 2 rings (SSSR count). The molecule has 122 valence electrons. The van der Waals surface area contributed by atoms with Gasteiger partial charge in [-0.25, -0.2) is 14.2 Å². The van der Waals surface area contributed by atoms with Crippen molar-refractivity contribution in [3.05, 3.63) is 34.1 Å². The van der Waals surface area contributed by atoms with E-state index in [1.165, 1.54) is 12.1 Å². The number of nitrogens with two attached hydrogens (primary N) is 1. The second-order valence-corrected chi connectivity index (χ2v) is 5.55. The minimum absolute atomic E-state index is 0.00803. The summed E-state index contributed by atoms with van der Waals surface area (Å²) in [5.41, 5.74) is 6.42. The second-order valence-electron chi connectivity index (χ2n) is 4.76. The lowest BCUT2D eigenvalue weighted by Gasteiger charge is -2.17. The van der Waals surface area contributed by atoms with Crippen molar-refractivity contribution in [2.75, 3.05) is 24.7 Å². The SMILES string of the molecule is CN(C)c1cc(-c2cc(N)c(Cl)c(OC(=O)O)n2)c(F)cc1Cl. The minimum Gasteiger partial charge on any atom is -0.449 e. The van der Waals surface area contributed by atoms with E-state index in [1.54, 1.807) is 19.0 Å². The Bertz CT molecular complexity index is 784. The van der Waals surface area contributed by atoms with Gasteiger partial charge in [0.15, 0.2) is 0 Å². The Hall–Kier alpha value is -2.25. The van der Waals surface area contributed by atoms with Gasteiger partial charge in [0, 0.05) is 19.7 Å². The molecule has 9 heteroatoms. The Morgan fingerprint density at radius 2 is 2.00 bits per heavy atom. The molecule has 0 atom stereocenters. The number of nitrogen functional groups attached to an aromatic ring is 1. The van der Waals surface area contributed by atoms with E-state index in [0.717, 1.165) is 6.07 Å². The van der Waals surface area contributed by atoms with E-state index < -0.39 is 17.9 Å². The highest BCUT2D eigenvalue weighted by molar-refractivity contribution is 6.34. The Morgan fingerprint density at radius 3 is 2.57 bits per heavy atom. The van der Waals surface area contributed by atoms with Crippen molar-refractivity contribution in [1.82, 2.24) is 4.98 Å². The van der Waals surface area contributed by atoms with E-state index in [2.05, 4.69) is 9.72 Å². The number of nitrogens with zero attached hydrogens (tertiary/aromatic N) is 2. The number of carbonyl (C=O) groups is 1. The van der Waals surface area contributed by atoms with Crippen LogP contribution in [-0.2, 0) is 0 Å². The predicted molar refractivity (Wildman–Crippen MR) is 87.0 cm³/mol. The highest BCUT2D eigenvalue weighted by Gasteiger charge is 2.18. The maximum Gasteiger partial charge on any atom is 0.512 e. The number of halogens is 3. The van der Waals surface area contributed by atoms with Crippen LogP contribution in [0.15, 0.2) is 18.2 Å². The highest BCUT2D eigenvalue weighted by atomic mass is 35.5. The number of aromatic nitrogens is 1. The summed E-state index contributed by atoms with van der Waals surface area (Å²) in [5, 5.41) is 8.75. The van der Waals surface area contributed by atoms with E-state index in [1.807, 2.05) is 0 Å². The number of pyridine rings is 1. The van der Waals surface area contributed by atoms with Crippen molar-refractivity contribution < 1.29 is 19.0 Å². The van der Waals surface area contributed by atoms with Crippen molar-refractivity contribution in [3.63, 3.8) is 0 Å². The van der Waals surface area contributed by atoms with Gasteiger partial charge in [0.1, 0.15) is 10.8 Å². The van der Waals surface area contributed by atoms with Crippen molar-refractivity contribution in [2.45, 2.75) is 0 Å². The first-order chi connectivity index (χ1) is 10.7. The summed E-state index contributed by atoms with van der Waals surface area (Å²) in [5.74, 6) is -1.06. The maximum atomic E-state index is 14.2. The van der Waals surface area contributed by atoms with Gasteiger partial charge in [-0.1, -0.05) is 23.2 Å². The average molecular weight is 360 g/mol. The molecule has 0 saturated carbocycles. The van der Waals surface area contributed by atoms with Crippen LogP contribution in [0, 0.1) is 5.82 Å². The van der Waals surface area contributed by atoms with Gasteiger partial charge in [0.2, 0.25) is 5.88 Å². The summed E-state index contributed by atoms with van der Waals surface area (Å²) in [4.78, 5) is 16.3. The third-order valence-corrected chi connectivity index (χ3v) is 3.62. The molecule has 0 amide bonds. The molecular formula is C14H12Cl2FN3O3. The zero-order valence-corrected chi connectivity index (χ0v) is 13.6. The summed E-state index contributed by atoms with van der Waals surface area (Å²) < 4.78 is 18.7. The van der Waals surface area contributed by atoms with Crippen LogP contribution in [0.3, 0.4) is 0 Å². The van der Waals surface area contributed by atoms with Gasteiger partial charge >= 0.3 is 6.16 Å². The third kappa shape index (κ3) is 3.57. The quantitative estimate of drug-likeness (QED) is 0.807. The van der Waals surface area contributed by atoms with Crippen molar-refractivity contribution in [1.29, 1.82) is 0 Å². The Morgan fingerprint density at radius 1 is 1.35 bits per heavy atom. The van der Waals surface area contributed by atoms with Crippen LogP contribution < -0.4 is 15.4 Å². The molecule has 1 aromatic carbocycles. The third-order valence-electron chi connectivity index (χ3n) is 2.93. The number of benzene rings is 1. The number of hydrogen-bond acceptors (Lipinski definition) is 5.